The maximum atomic E-state index is 6.92. The van der Waals surface area contributed by atoms with Crippen LogP contribution in [0.3, 0.4) is 0 Å². The third-order valence-corrected chi connectivity index (χ3v) is 10.6. The molecule has 3 unspecified atom stereocenters. The average Bonchev–Trinajstić information content (AvgIpc) is 3.75. The van der Waals surface area contributed by atoms with Gasteiger partial charge in [-0.1, -0.05) is 164 Å². The minimum Gasteiger partial charge on any atom is -0.456 e. The van der Waals surface area contributed by atoms with E-state index in [0.29, 0.717) is 0 Å². The quantitative estimate of drug-likeness (QED) is 0.201. The van der Waals surface area contributed by atoms with Gasteiger partial charge in [0.05, 0.1) is 11.8 Å². The number of rotatable bonds is 5. The second-order valence-corrected chi connectivity index (χ2v) is 13.5. The standard InChI is InChI=1S/C48H34N2O/c1-30-45(32-17-7-3-8-18-32)49-48(50-46(30)33-19-9-4-10-20-33)40-25-14-26-42-44(40)39-24-13-23-38(47(39)51-42)43-37-22-12-11-21-35(37)36-28-27-34(29-41(36)43)31-15-5-2-6-16-31/h2-29,43,45,48-49H,1H2. The molecule has 7 aromatic carbocycles. The Morgan fingerprint density at radius 3 is 1.98 bits per heavy atom. The Balaban J connectivity index is 1.16. The summed E-state index contributed by atoms with van der Waals surface area (Å²) in [6.07, 6.45) is -0.314. The first-order valence-corrected chi connectivity index (χ1v) is 17.6. The molecule has 0 fully saturated rings. The van der Waals surface area contributed by atoms with Gasteiger partial charge in [0.2, 0.25) is 0 Å². The normalized spacial score (nSPS) is 18.1. The Labute approximate surface area is 297 Å². The molecule has 0 radical (unpaired) electrons. The molecule has 0 spiro atoms. The fraction of sp³-hybridized carbons (Fsp3) is 0.0625. The van der Waals surface area contributed by atoms with Crippen molar-refractivity contribution in [1.29, 1.82) is 0 Å². The Morgan fingerprint density at radius 2 is 1.18 bits per heavy atom. The highest BCUT2D eigenvalue weighted by Crippen LogP contribution is 2.51. The van der Waals surface area contributed by atoms with E-state index >= 15 is 0 Å². The minimum absolute atomic E-state index is 0.0360. The van der Waals surface area contributed by atoms with E-state index in [1.54, 1.807) is 0 Å². The van der Waals surface area contributed by atoms with E-state index in [2.05, 4.69) is 176 Å². The van der Waals surface area contributed by atoms with Crippen LogP contribution in [-0.4, -0.2) is 5.71 Å². The zero-order chi connectivity index (χ0) is 33.9. The highest BCUT2D eigenvalue weighted by atomic mass is 16.3. The Kier molecular flexibility index (Phi) is 6.93. The molecule has 242 valence electrons. The lowest BCUT2D eigenvalue weighted by Crippen LogP contribution is -2.34. The summed E-state index contributed by atoms with van der Waals surface area (Å²) >= 11 is 0. The van der Waals surface area contributed by atoms with Crippen molar-refractivity contribution in [2.45, 2.75) is 18.1 Å². The fourth-order valence-corrected chi connectivity index (χ4v) is 8.31. The van der Waals surface area contributed by atoms with E-state index in [0.717, 1.165) is 49.9 Å². The van der Waals surface area contributed by atoms with Crippen LogP contribution in [0.4, 0.5) is 0 Å². The van der Waals surface area contributed by atoms with E-state index in [1.807, 2.05) is 6.07 Å². The molecule has 3 nitrogen and oxygen atoms in total. The third kappa shape index (κ3) is 4.81. The monoisotopic (exact) mass is 654 g/mol. The largest absolute Gasteiger partial charge is 0.456 e. The Morgan fingerprint density at radius 1 is 0.529 bits per heavy atom. The number of benzene rings is 7. The van der Waals surface area contributed by atoms with Crippen molar-refractivity contribution < 1.29 is 4.42 Å². The van der Waals surface area contributed by atoms with Crippen LogP contribution < -0.4 is 5.32 Å². The minimum atomic E-state index is -0.314. The topological polar surface area (TPSA) is 37.5 Å². The van der Waals surface area contributed by atoms with Crippen molar-refractivity contribution >= 4 is 27.7 Å². The first kappa shape index (κ1) is 29.6. The summed E-state index contributed by atoms with van der Waals surface area (Å²) in [4.78, 5) is 5.38. The number of fused-ring (bicyclic) bond motifs is 6. The van der Waals surface area contributed by atoms with Gasteiger partial charge in [-0.15, -0.1) is 0 Å². The Bertz CT molecular complexity index is 2640. The summed E-state index contributed by atoms with van der Waals surface area (Å²) in [5.41, 5.74) is 15.8. The molecule has 1 aliphatic carbocycles. The van der Waals surface area contributed by atoms with Gasteiger partial charge in [0.15, 0.2) is 0 Å². The number of aliphatic imine (C=N–C) groups is 1. The fourth-order valence-electron chi connectivity index (χ4n) is 8.31. The maximum absolute atomic E-state index is 6.92. The molecule has 0 saturated heterocycles. The molecular weight excluding hydrogens is 621 g/mol. The highest BCUT2D eigenvalue weighted by molar-refractivity contribution is 6.14. The molecule has 2 aliphatic rings. The highest BCUT2D eigenvalue weighted by Gasteiger charge is 2.34. The first-order valence-electron chi connectivity index (χ1n) is 17.6. The maximum Gasteiger partial charge on any atom is 0.139 e. The number of nitrogens with zero attached hydrogens (tertiary/aromatic N) is 1. The molecule has 1 aromatic heterocycles. The van der Waals surface area contributed by atoms with Gasteiger partial charge in [-0.3, -0.25) is 10.3 Å². The summed E-state index contributed by atoms with van der Waals surface area (Å²) in [5, 5.41) is 6.06. The van der Waals surface area contributed by atoms with Crippen LogP contribution in [0.2, 0.25) is 0 Å². The molecule has 8 aromatic rings. The third-order valence-electron chi connectivity index (χ3n) is 10.6. The van der Waals surface area contributed by atoms with Crippen LogP contribution in [0, 0.1) is 0 Å². The molecule has 10 rings (SSSR count). The van der Waals surface area contributed by atoms with Crippen molar-refractivity contribution in [3.05, 3.63) is 215 Å². The SMILES string of the molecule is C=C1C(c2ccccc2)=NC(c2cccc3oc4c(C5c6ccccc6-c6ccc(-c7ccccc7)cc65)cccc4c23)NC1c1ccccc1. The van der Waals surface area contributed by atoms with E-state index < -0.39 is 0 Å². The van der Waals surface area contributed by atoms with Crippen LogP contribution in [-0.2, 0) is 0 Å². The zero-order valence-corrected chi connectivity index (χ0v) is 28.0. The van der Waals surface area contributed by atoms with Crippen LogP contribution in [0.15, 0.2) is 191 Å². The summed E-state index contributed by atoms with van der Waals surface area (Å²) in [6.45, 7) is 4.57. The number of hydrogen-bond acceptors (Lipinski definition) is 3. The molecule has 2 heterocycles. The summed E-state index contributed by atoms with van der Waals surface area (Å²) in [7, 11) is 0. The smallest absolute Gasteiger partial charge is 0.139 e. The lowest BCUT2D eigenvalue weighted by atomic mass is 9.86. The number of furan rings is 1. The molecule has 0 bridgehead atoms. The molecule has 0 amide bonds. The van der Waals surface area contributed by atoms with Gasteiger partial charge in [-0.05, 0) is 56.6 Å². The number of para-hydroxylation sites is 1. The van der Waals surface area contributed by atoms with Gasteiger partial charge >= 0.3 is 0 Å². The molecule has 3 heteroatoms. The van der Waals surface area contributed by atoms with Crippen LogP contribution in [0.25, 0.3) is 44.2 Å². The van der Waals surface area contributed by atoms with Crippen molar-refractivity contribution in [1.82, 2.24) is 5.32 Å². The Hall–Kier alpha value is -6.29. The predicted molar refractivity (Wildman–Crippen MR) is 209 cm³/mol. The van der Waals surface area contributed by atoms with Gasteiger partial charge < -0.3 is 4.42 Å². The lowest BCUT2D eigenvalue weighted by Gasteiger charge is -2.32. The molecule has 51 heavy (non-hydrogen) atoms. The van der Waals surface area contributed by atoms with Crippen molar-refractivity contribution in [3.63, 3.8) is 0 Å². The number of nitrogens with one attached hydrogen (secondary N) is 1. The van der Waals surface area contributed by atoms with Gasteiger partial charge in [-0.25, -0.2) is 0 Å². The average molecular weight is 655 g/mol. The lowest BCUT2D eigenvalue weighted by molar-refractivity contribution is 0.490. The molecular formula is C48H34N2O. The second-order valence-electron chi connectivity index (χ2n) is 13.5. The predicted octanol–water partition coefficient (Wildman–Crippen LogP) is 11.8. The second kappa shape index (κ2) is 11.9. The summed E-state index contributed by atoms with van der Waals surface area (Å²) < 4.78 is 6.92. The van der Waals surface area contributed by atoms with Crippen molar-refractivity contribution in [3.8, 4) is 22.3 Å². The molecule has 3 atom stereocenters. The van der Waals surface area contributed by atoms with E-state index in [-0.39, 0.29) is 18.1 Å². The molecule has 0 saturated carbocycles. The van der Waals surface area contributed by atoms with Gasteiger partial charge in [0.1, 0.15) is 17.3 Å². The van der Waals surface area contributed by atoms with E-state index in [9.17, 15) is 0 Å². The van der Waals surface area contributed by atoms with Crippen LogP contribution in [0.1, 0.15) is 51.5 Å². The molecule has 1 N–H and O–H groups in total. The molecule has 1 aliphatic heterocycles. The van der Waals surface area contributed by atoms with Gasteiger partial charge in [0.25, 0.3) is 0 Å². The summed E-state index contributed by atoms with van der Waals surface area (Å²) in [5.74, 6) is 0.0360. The van der Waals surface area contributed by atoms with E-state index in [1.165, 1.54) is 38.9 Å². The summed E-state index contributed by atoms with van der Waals surface area (Å²) in [6, 6.07) is 60.3. The first-order chi connectivity index (χ1) is 25.2. The van der Waals surface area contributed by atoms with Crippen LogP contribution in [0.5, 0.6) is 0 Å². The van der Waals surface area contributed by atoms with Crippen LogP contribution >= 0.6 is 0 Å². The van der Waals surface area contributed by atoms with Gasteiger partial charge in [0, 0.05) is 33.4 Å². The van der Waals surface area contributed by atoms with Crippen molar-refractivity contribution in [2.75, 3.05) is 0 Å². The van der Waals surface area contributed by atoms with Crippen molar-refractivity contribution in [2.24, 2.45) is 4.99 Å². The number of hydrogen-bond donors (Lipinski definition) is 1. The van der Waals surface area contributed by atoms with E-state index in [4.69, 9.17) is 9.41 Å². The zero-order valence-electron chi connectivity index (χ0n) is 28.0. The van der Waals surface area contributed by atoms with Gasteiger partial charge in [-0.2, -0.15) is 0 Å².